The first kappa shape index (κ1) is 14.1. The zero-order valence-corrected chi connectivity index (χ0v) is 11.6. The van der Waals surface area contributed by atoms with Gasteiger partial charge < -0.3 is 5.32 Å². The van der Waals surface area contributed by atoms with Gasteiger partial charge in [-0.25, -0.2) is 8.78 Å². The minimum Gasteiger partial charge on any atom is -0.376 e. The molecule has 0 fully saturated rings. The van der Waals surface area contributed by atoms with Crippen LogP contribution >= 0.6 is 23.2 Å². The van der Waals surface area contributed by atoms with E-state index in [2.05, 4.69) is 5.32 Å². The molecule has 2 aromatic carbocycles. The molecule has 1 unspecified atom stereocenters. The van der Waals surface area contributed by atoms with Crippen LogP contribution in [0.5, 0.6) is 0 Å². The van der Waals surface area contributed by atoms with Gasteiger partial charge in [-0.15, -0.1) is 0 Å². The van der Waals surface area contributed by atoms with Crippen LogP contribution in [-0.4, -0.2) is 0 Å². The predicted molar refractivity (Wildman–Crippen MR) is 74.9 cm³/mol. The number of halogens is 4. The molecule has 0 spiro atoms. The number of hydrogen-bond donors (Lipinski definition) is 1. The first-order valence-electron chi connectivity index (χ1n) is 5.64. The van der Waals surface area contributed by atoms with E-state index >= 15 is 0 Å². The van der Waals surface area contributed by atoms with Crippen molar-refractivity contribution in [3.05, 3.63) is 63.6 Å². The number of rotatable bonds is 3. The van der Waals surface area contributed by atoms with Crippen molar-refractivity contribution in [2.24, 2.45) is 0 Å². The van der Waals surface area contributed by atoms with Gasteiger partial charge in [0.05, 0.1) is 21.8 Å². The summed E-state index contributed by atoms with van der Waals surface area (Å²) in [6.45, 7) is 1.79. The van der Waals surface area contributed by atoms with E-state index in [9.17, 15) is 8.78 Å². The highest BCUT2D eigenvalue weighted by atomic mass is 35.5. The Bertz CT molecular complexity index is 602. The molecule has 100 valence electrons. The van der Waals surface area contributed by atoms with Gasteiger partial charge in [-0.2, -0.15) is 0 Å². The molecule has 0 saturated heterocycles. The van der Waals surface area contributed by atoms with E-state index in [1.807, 2.05) is 0 Å². The lowest BCUT2D eigenvalue weighted by molar-refractivity contribution is 0.600. The lowest BCUT2D eigenvalue weighted by Crippen LogP contribution is -2.09. The number of hydrogen-bond acceptors (Lipinski definition) is 1. The Labute approximate surface area is 120 Å². The molecule has 0 aromatic heterocycles. The molecule has 0 bridgehead atoms. The van der Waals surface area contributed by atoms with Crippen LogP contribution in [0.3, 0.4) is 0 Å². The Morgan fingerprint density at radius 1 is 1.11 bits per heavy atom. The molecule has 0 aliphatic carbocycles. The van der Waals surface area contributed by atoms with Gasteiger partial charge in [0.25, 0.3) is 0 Å². The lowest BCUT2D eigenvalue weighted by atomic mass is 10.1. The van der Waals surface area contributed by atoms with Gasteiger partial charge in [-0.05, 0) is 36.8 Å². The number of nitrogens with one attached hydrogen (secondary N) is 1. The maximum Gasteiger partial charge on any atom is 0.146 e. The largest absolute Gasteiger partial charge is 0.376 e. The van der Waals surface area contributed by atoms with E-state index in [0.29, 0.717) is 10.0 Å². The fourth-order valence-corrected chi connectivity index (χ4v) is 2.25. The highest BCUT2D eigenvalue weighted by Gasteiger charge is 2.13. The van der Waals surface area contributed by atoms with Crippen molar-refractivity contribution in [1.29, 1.82) is 0 Å². The fraction of sp³-hybridized carbons (Fsp3) is 0.143. The van der Waals surface area contributed by atoms with Crippen molar-refractivity contribution < 1.29 is 8.78 Å². The van der Waals surface area contributed by atoms with E-state index in [1.165, 1.54) is 0 Å². The second-order valence-electron chi connectivity index (χ2n) is 4.13. The van der Waals surface area contributed by atoms with Crippen LogP contribution in [0.25, 0.3) is 0 Å². The maximum absolute atomic E-state index is 13.5. The second-order valence-corrected chi connectivity index (χ2v) is 4.92. The first-order valence-corrected chi connectivity index (χ1v) is 6.40. The van der Waals surface area contributed by atoms with Crippen LogP contribution in [0.1, 0.15) is 18.5 Å². The van der Waals surface area contributed by atoms with Gasteiger partial charge in [0.15, 0.2) is 0 Å². The molecular weight excluding hydrogens is 291 g/mol. The zero-order valence-electron chi connectivity index (χ0n) is 10.1. The van der Waals surface area contributed by atoms with Gasteiger partial charge in [-0.3, -0.25) is 0 Å². The summed E-state index contributed by atoms with van der Waals surface area (Å²) in [6.07, 6.45) is 0. The highest BCUT2D eigenvalue weighted by Crippen LogP contribution is 2.32. The van der Waals surface area contributed by atoms with Crippen molar-refractivity contribution >= 4 is 28.9 Å². The lowest BCUT2D eigenvalue weighted by Gasteiger charge is -2.18. The normalized spacial score (nSPS) is 12.3. The summed E-state index contributed by atoms with van der Waals surface area (Å²) >= 11 is 12.0. The Balaban J connectivity index is 2.28. The number of anilines is 1. The van der Waals surface area contributed by atoms with Crippen molar-refractivity contribution in [3.63, 3.8) is 0 Å². The minimum atomic E-state index is -0.522. The standard InChI is InChI=1S/C14H11Cl2F2N/c1-8(10-3-2-4-11(15)14(10)16)19-13-7-9(17)5-6-12(13)18/h2-8,19H,1H3. The van der Waals surface area contributed by atoms with Gasteiger partial charge in [0.1, 0.15) is 11.6 Å². The summed E-state index contributed by atoms with van der Waals surface area (Å²) in [4.78, 5) is 0. The van der Waals surface area contributed by atoms with Crippen molar-refractivity contribution in [2.75, 3.05) is 5.32 Å². The molecule has 19 heavy (non-hydrogen) atoms. The van der Waals surface area contributed by atoms with E-state index in [0.717, 1.165) is 23.8 Å². The maximum atomic E-state index is 13.5. The van der Waals surface area contributed by atoms with E-state index in [1.54, 1.807) is 25.1 Å². The third-order valence-electron chi connectivity index (χ3n) is 2.75. The van der Waals surface area contributed by atoms with E-state index in [-0.39, 0.29) is 11.7 Å². The van der Waals surface area contributed by atoms with E-state index in [4.69, 9.17) is 23.2 Å². The van der Waals surface area contributed by atoms with Gasteiger partial charge >= 0.3 is 0 Å². The quantitative estimate of drug-likeness (QED) is 0.795. The molecular formula is C14H11Cl2F2N. The summed E-state index contributed by atoms with van der Waals surface area (Å²) in [6, 6.07) is 8.14. The molecule has 1 N–H and O–H groups in total. The van der Waals surface area contributed by atoms with Crippen LogP contribution in [-0.2, 0) is 0 Å². The molecule has 2 aromatic rings. The SMILES string of the molecule is CC(Nc1cc(F)ccc1F)c1cccc(Cl)c1Cl. The third kappa shape index (κ3) is 3.17. The van der Waals surface area contributed by atoms with Crippen LogP contribution < -0.4 is 5.32 Å². The van der Waals surface area contributed by atoms with Gasteiger partial charge in [0.2, 0.25) is 0 Å². The smallest absolute Gasteiger partial charge is 0.146 e. The highest BCUT2D eigenvalue weighted by molar-refractivity contribution is 6.42. The Morgan fingerprint density at radius 2 is 1.84 bits per heavy atom. The molecule has 1 nitrogen and oxygen atoms in total. The Morgan fingerprint density at radius 3 is 2.58 bits per heavy atom. The summed E-state index contributed by atoms with van der Waals surface area (Å²) in [5.41, 5.74) is 0.807. The van der Waals surface area contributed by atoms with Crippen LogP contribution in [0.15, 0.2) is 36.4 Å². The molecule has 5 heteroatoms. The monoisotopic (exact) mass is 301 g/mol. The second kappa shape index (κ2) is 5.76. The third-order valence-corrected chi connectivity index (χ3v) is 3.58. The van der Waals surface area contributed by atoms with Crippen LogP contribution in [0.2, 0.25) is 10.0 Å². The number of benzene rings is 2. The predicted octanol–water partition coefficient (Wildman–Crippen LogP) is 5.44. The molecule has 0 aliphatic heterocycles. The van der Waals surface area contributed by atoms with E-state index < -0.39 is 11.6 Å². The van der Waals surface area contributed by atoms with Crippen LogP contribution in [0, 0.1) is 11.6 Å². The molecule has 2 rings (SSSR count). The summed E-state index contributed by atoms with van der Waals surface area (Å²) in [7, 11) is 0. The van der Waals surface area contributed by atoms with Crippen molar-refractivity contribution in [1.82, 2.24) is 0 Å². The fourth-order valence-electron chi connectivity index (χ4n) is 1.77. The molecule has 0 saturated carbocycles. The van der Waals surface area contributed by atoms with Gasteiger partial charge in [-0.1, -0.05) is 35.3 Å². The minimum absolute atomic E-state index is 0.0866. The summed E-state index contributed by atoms with van der Waals surface area (Å²) in [5, 5.41) is 3.70. The molecule has 0 radical (unpaired) electrons. The Hall–Kier alpha value is -1.32. The molecule has 0 heterocycles. The van der Waals surface area contributed by atoms with Crippen LogP contribution in [0.4, 0.5) is 14.5 Å². The van der Waals surface area contributed by atoms with Crippen molar-refractivity contribution in [3.8, 4) is 0 Å². The summed E-state index contributed by atoms with van der Waals surface area (Å²) in [5.74, 6) is -1.03. The zero-order chi connectivity index (χ0) is 14.0. The molecule has 1 atom stereocenters. The van der Waals surface area contributed by atoms with Crippen molar-refractivity contribution in [2.45, 2.75) is 13.0 Å². The summed E-state index contributed by atoms with van der Waals surface area (Å²) < 4.78 is 26.6. The van der Waals surface area contributed by atoms with Gasteiger partial charge in [0, 0.05) is 0 Å². The first-order chi connectivity index (χ1) is 8.99. The average Bonchev–Trinajstić information content (AvgIpc) is 2.37. The molecule has 0 amide bonds. The Kier molecular flexibility index (Phi) is 4.27. The topological polar surface area (TPSA) is 12.0 Å². The average molecular weight is 302 g/mol. The molecule has 0 aliphatic rings.